The topological polar surface area (TPSA) is 20.2 Å². The Morgan fingerprint density at radius 3 is 2.60 bits per heavy atom. The normalized spacial score (nSPS) is 15.1. The Hall–Kier alpha value is -1.43. The second kappa shape index (κ2) is 4.88. The van der Waals surface area contributed by atoms with E-state index in [0.717, 1.165) is 5.56 Å². The molecule has 15 heavy (non-hydrogen) atoms. The molecule has 1 heterocycles. The molecule has 0 bridgehead atoms. The van der Waals surface area contributed by atoms with Gasteiger partial charge in [0.05, 0.1) is 0 Å². The molecule has 1 aliphatic heterocycles. The molecule has 0 fully saturated rings. The number of aliphatic hydroxyl groups excluding tert-OH is 1. The molecule has 0 aromatic heterocycles. The van der Waals surface area contributed by atoms with Gasteiger partial charge < -0.3 is 5.11 Å². The Morgan fingerprint density at radius 1 is 1.13 bits per heavy atom. The summed E-state index contributed by atoms with van der Waals surface area (Å²) in [7, 11) is -0.323. The zero-order valence-corrected chi connectivity index (χ0v) is 9.11. The van der Waals surface area contributed by atoms with Crippen LogP contribution in [0.25, 0.3) is 0 Å². The van der Waals surface area contributed by atoms with Gasteiger partial charge in [0.25, 0.3) is 0 Å². The molecule has 1 aliphatic rings. The van der Waals surface area contributed by atoms with Crippen molar-refractivity contribution in [1.82, 2.24) is 0 Å². The third kappa shape index (κ3) is 2.33. The Bertz CT molecular complexity index is 451. The van der Waals surface area contributed by atoms with Crippen molar-refractivity contribution in [2.45, 2.75) is 4.90 Å². The average Bonchev–Trinajstić information content (AvgIpc) is 2.80. The monoisotopic (exact) mass is 216 g/mol. The van der Waals surface area contributed by atoms with Gasteiger partial charge in [0.1, 0.15) is 6.61 Å². The summed E-state index contributed by atoms with van der Waals surface area (Å²) in [6, 6.07) is 8.11. The molecule has 2 rings (SSSR count). The number of allylic oxidation sites excluding steroid dienone is 2. The Balaban J connectivity index is 2.37. The van der Waals surface area contributed by atoms with Crippen LogP contribution in [0.15, 0.2) is 52.1 Å². The molecule has 2 heteroatoms. The fourth-order valence-electron chi connectivity index (χ4n) is 1.43. The van der Waals surface area contributed by atoms with Gasteiger partial charge in [0.2, 0.25) is 0 Å². The van der Waals surface area contributed by atoms with Gasteiger partial charge in [-0.05, 0) is 22.9 Å². The third-order valence-corrected chi connectivity index (χ3v) is 4.02. The first kappa shape index (κ1) is 10.1. The molecule has 1 N–H and O–H groups in total. The molecular formula is C13H12OS. The maximum atomic E-state index is 8.69. The van der Waals surface area contributed by atoms with Crippen molar-refractivity contribution in [1.29, 1.82) is 0 Å². The highest BCUT2D eigenvalue weighted by Gasteiger charge is 2.06. The fraction of sp³-hybridized carbons (Fsp3) is 0.0769. The van der Waals surface area contributed by atoms with Crippen molar-refractivity contribution in [2.24, 2.45) is 0 Å². The summed E-state index contributed by atoms with van der Waals surface area (Å²) in [5.74, 6) is 5.68. The van der Waals surface area contributed by atoms with Gasteiger partial charge >= 0.3 is 0 Å². The second-order valence-corrected chi connectivity index (χ2v) is 4.96. The van der Waals surface area contributed by atoms with E-state index in [0.29, 0.717) is 0 Å². The van der Waals surface area contributed by atoms with Crippen LogP contribution >= 0.6 is 10.9 Å². The van der Waals surface area contributed by atoms with Gasteiger partial charge in [-0.2, -0.15) is 10.9 Å². The maximum absolute atomic E-state index is 8.69. The minimum absolute atomic E-state index is 0.0854. The van der Waals surface area contributed by atoms with Gasteiger partial charge in [-0.3, -0.25) is 0 Å². The van der Waals surface area contributed by atoms with E-state index in [1.807, 2.05) is 18.2 Å². The summed E-state index contributed by atoms with van der Waals surface area (Å²) in [4.78, 5) is 1.26. The van der Waals surface area contributed by atoms with Crippen LogP contribution in [0.3, 0.4) is 0 Å². The lowest BCUT2D eigenvalue weighted by atomic mass is 10.2. The summed E-state index contributed by atoms with van der Waals surface area (Å²) in [5.41, 5.74) is 1.02. The van der Waals surface area contributed by atoms with Gasteiger partial charge in [-0.25, -0.2) is 0 Å². The SMILES string of the molecule is OCC#Cc1ccccc1[SH]1C=CC=C1. The predicted octanol–water partition coefficient (Wildman–Crippen LogP) is 2.43. The molecule has 0 spiro atoms. The standard InChI is InChI=1S/C13H12OS/c14-9-5-7-12-6-1-2-8-13(12)15-10-3-4-11-15/h1-4,6,8,10-11,14-15H,9H2. The molecule has 0 saturated heterocycles. The molecule has 76 valence electrons. The number of thiol groups is 1. The first-order valence-electron chi connectivity index (χ1n) is 4.74. The van der Waals surface area contributed by atoms with Crippen molar-refractivity contribution in [3.63, 3.8) is 0 Å². The summed E-state index contributed by atoms with van der Waals surface area (Å²) >= 11 is 0. The van der Waals surface area contributed by atoms with Crippen LogP contribution in [0.5, 0.6) is 0 Å². The first-order chi connectivity index (χ1) is 7.42. The molecular weight excluding hydrogens is 204 g/mol. The Labute approximate surface area is 92.5 Å². The number of benzene rings is 1. The Kier molecular flexibility index (Phi) is 3.29. The van der Waals surface area contributed by atoms with Crippen LogP contribution in [-0.2, 0) is 0 Å². The van der Waals surface area contributed by atoms with Crippen molar-refractivity contribution in [3.8, 4) is 11.8 Å². The first-order valence-corrected chi connectivity index (χ1v) is 6.22. The zero-order chi connectivity index (χ0) is 10.5. The predicted molar refractivity (Wildman–Crippen MR) is 65.9 cm³/mol. The average molecular weight is 216 g/mol. The van der Waals surface area contributed by atoms with Crippen LogP contribution < -0.4 is 0 Å². The van der Waals surface area contributed by atoms with Crippen molar-refractivity contribution in [2.75, 3.05) is 6.61 Å². The van der Waals surface area contributed by atoms with E-state index < -0.39 is 0 Å². The van der Waals surface area contributed by atoms with Crippen LogP contribution in [0.1, 0.15) is 5.56 Å². The van der Waals surface area contributed by atoms with E-state index in [1.54, 1.807) is 0 Å². The maximum Gasteiger partial charge on any atom is 0.104 e. The minimum atomic E-state index is -0.323. The molecule has 1 aromatic rings. The number of aliphatic hydroxyl groups is 1. The highest BCUT2D eigenvalue weighted by atomic mass is 32.2. The molecule has 0 aliphatic carbocycles. The molecule has 0 atom stereocenters. The molecule has 1 aromatic carbocycles. The van der Waals surface area contributed by atoms with E-state index in [9.17, 15) is 0 Å². The minimum Gasteiger partial charge on any atom is -0.384 e. The number of hydrogen-bond donors (Lipinski definition) is 2. The highest BCUT2D eigenvalue weighted by Crippen LogP contribution is 2.43. The van der Waals surface area contributed by atoms with E-state index in [4.69, 9.17) is 5.11 Å². The van der Waals surface area contributed by atoms with Crippen molar-refractivity contribution >= 4 is 10.9 Å². The molecule has 0 amide bonds. The summed E-state index contributed by atoms with van der Waals surface area (Å²) in [6.45, 7) is -0.0854. The van der Waals surface area contributed by atoms with E-state index in [-0.39, 0.29) is 17.5 Å². The largest absolute Gasteiger partial charge is 0.384 e. The Morgan fingerprint density at radius 2 is 1.87 bits per heavy atom. The molecule has 0 saturated carbocycles. The lowest BCUT2D eigenvalue weighted by Crippen LogP contribution is -1.83. The van der Waals surface area contributed by atoms with Crippen molar-refractivity contribution < 1.29 is 5.11 Å². The lowest BCUT2D eigenvalue weighted by Gasteiger charge is -2.12. The molecule has 0 unspecified atom stereocenters. The zero-order valence-electron chi connectivity index (χ0n) is 8.22. The summed E-state index contributed by atoms with van der Waals surface area (Å²) in [6.07, 6.45) is 4.14. The van der Waals surface area contributed by atoms with E-state index >= 15 is 0 Å². The van der Waals surface area contributed by atoms with Crippen molar-refractivity contribution in [3.05, 3.63) is 52.8 Å². The van der Waals surface area contributed by atoms with Gasteiger partial charge in [-0.15, -0.1) is 0 Å². The quantitative estimate of drug-likeness (QED) is 0.545. The van der Waals surface area contributed by atoms with Gasteiger partial charge in [-0.1, -0.05) is 36.1 Å². The number of hydrogen-bond acceptors (Lipinski definition) is 1. The van der Waals surface area contributed by atoms with E-state index in [2.05, 4.69) is 40.9 Å². The van der Waals surface area contributed by atoms with E-state index in [1.165, 1.54) is 4.90 Å². The summed E-state index contributed by atoms with van der Waals surface area (Å²) < 4.78 is 0. The second-order valence-electron chi connectivity index (χ2n) is 3.07. The fourth-order valence-corrected chi connectivity index (χ4v) is 3.09. The van der Waals surface area contributed by atoms with Crippen LogP contribution in [0.4, 0.5) is 0 Å². The van der Waals surface area contributed by atoms with Gasteiger partial charge in [0.15, 0.2) is 0 Å². The lowest BCUT2D eigenvalue weighted by molar-refractivity contribution is 0.350. The smallest absolute Gasteiger partial charge is 0.104 e. The van der Waals surface area contributed by atoms with Gasteiger partial charge in [0, 0.05) is 10.5 Å². The highest BCUT2D eigenvalue weighted by molar-refractivity contribution is 8.22. The van der Waals surface area contributed by atoms with Crippen LogP contribution in [0, 0.1) is 11.8 Å². The molecule has 1 nitrogen and oxygen atoms in total. The van der Waals surface area contributed by atoms with Crippen LogP contribution in [0.2, 0.25) is 0 Å². The number of rotatable bonds is 1. The molecule has 0 radical (unpaired) electrons. The summed E-state index contributed by atoms with van der Waals surface area (Å²) in [5, 5.41) is 13.1. The third-order valence-electron chi connectivity index (χ3n) is 2.09. The van der Waals surface area contributed by atoms with Crippen LogP contribution in [-0.4, -0.2) is 11.7 Å².